The first kappa shape index (κ1) is 76.7. The third-order valence-corrected chi connectivity index (χ3v) is 16.8. The summed E-state index contributed by atoms with van der Waals surface area (Å²) < 4.78 is 23.4. The van der Waals surface area contributed by atoms with Gasteiger partial charge in [-0.2, -0.15) is 0 Å². The Labute approximate surface area is 487 Å². The molecule has 2 N–H and O–H groups in total. The number of likely N-dealkylation sites (N-methyl/N-ethyl adjacent to an activating group) is 1. The summed E-state index contributed by atoms with van der Waals surface area (Å²) in [4.78, 5) is 25.6. The number of carbonyl (C=O) groups excluding carboxylic acids is 1. The van der Waals surface area contributed by atoms with Gasteiger partial charge in [-0.15, -0.1) is 0 Å². The number of aliphatic hydroxyl groups is 1. The summed E-state index contributed by atoms with van der Waals surface area (Å²) in [6.07, 6.45) is 79.8. The molecule has 3 atom stereocenters. The van der Waals surface area contributed by atoms with Crippen LogP contribution in [-0.2, 0) is 18.4 Å². The van der Waals surface area contributed by atoms with Crippen LogP contribution in [-0.4, -0.2) is 68.5 Å². The monoisotopic (exact) mass is 1120 g/mol. The lowest BCUT2D eigenvalue weighted by atomic mass is 10.0. The summed E-state index contributed by atoms with van der Waals surface area (Å²) in [6, 6.07) is -0.904. The average molecular weight is 1120 g/mol. The van der Waals surface area contributed by atoms with E-state index in [1.54, 1.807) is 6.08 Å². The van der Waals surface area contributed by atoms with Gasteiger partial charge in [0.25, 0.3) is 7.82 Å². The van der Waals surface area contributed by atoms with Crippen molar-refractivity contribution in [1.29, 1.82) is 0 Å². The van der Waals surface area contributed by atoms with Crippen LogP contribution in [0.2, 0.25) is 0 Å². The first-order chi connectivity index (χ1) is 38.0. The molecule has 0 bridgehead atoms. The van der Waals surface area contributed by atoms with Crippen molar-refractivity contribution >= 4 is 13.7 Å². The number of phosphoric ester groups is 1. The highest BCUT2D eigenvalue weighted by Gasteiger charge is 2.23. The third-order valence-electron chi connectivity index (χ3n) is 15.8. The molecule has 3 unspecified atom stereocenters. The Hall–Kier alpha value is -1.28. The highest BCUT2D eigenvalue weighted by molar-refractivity contribution is 7.45. The molecule has 0 heterocycles. The van der Waals surface area contributed by atoms with Crippen LogP contribution in [0.15, 0.2) is 36.5 Å². The number of hydrogen-bond acceptors (Lipinski definition) is 6. The maximum Gasteiger partial charge on any atom is 0.268 e. The van der Waals surface area contributed by atoms with Gasteiger partial charge in [-0.3, -0.25) is 9.36 Å². The normalized spacial score (nSPS) is 13.9. The smallest absolute Gasteiger partial charge is 0.268 e. The fourth-order valence-corrected chi connectivity index (χ4v) is 11.2. The maximum absolute atomic E-state index is 13.0. The highest BCUT2D eigenvalue weighted by atomic mass is 31.2. The molecule has 462 valence electrons. The van der Waals surface area contributed by atoms with Gasteiger partial charge < -0.3 is 28.8 Å². The van der Waals surface area contributed by atoms with Crippen molar-refractivity contribution in [2.45, 2.75) is 360 Å². The Bertz CT molecular complexity index is 1360. The van der Waals surface area contributed by atoms with E-state index in [0.717, 1.165) is 38.5 Å². The fourth-order valence-electron chi connectivity index (χ4n) is 10.5. The Morgan fingerprint density at radius 1 is 0.436 bits per heavy atom. The minimum absolute atomic E-state index is 0.00486. The molecule has 0 radical (unpaired) electrons. The molecule has 1 amide bonds. The van der Waals surface area contributed by atoms with Gasteiger partial charge in [-0.25, -0.2) is 0 Å². The first-order valence-electron chi connectivity index (χ1n) is 34.4. The Morgan fingerprint density at radius 2 is 0.718 bits per heavy atom. The van der Waals surface area contributed by atoms with Gasteiger partial charge in [-0.05, 0) is 57.8 Å². The SMILES string of the molecule is CCCCCCCCCCCCCC/C=C\CCCCCCCCCCCCCCCCCC(=O)NC(COP(=O)([O-])OCC[N+](C)(C)C)C(O)/C=C/CC/C=C/CCCCCCCCCCCCCCCCCCCCC. The van der Waals surface area contributed by atoms with Crippen molar-refractivity contribution in [3.63, 3.8) is 0 Å². The Kier molecular flexibility index (Phi) is 59.3. The first-order valence-corrected chi connectivity index (χ1v) is 35.8. The van der Waals surface area contributed by atoms with Gasteiger partial charge in [0.05, 0.1) is 39.9 Å². The minimum Gasteiger partial charge on any atom is -0.756 e. The number of allylic oxidation sites excluding steroid dienone is 5. The van der Waals surface area contributed by atoms with Crippen LogP contribution in [0.3, 0.4) is 0 Å². The molecule has 0 saturated carbocycles. The molecule has 78 heavy (non-hydrogen) atoms. The molecule has 0 fully saturated rings. The standard InChI is InChI=1S/C69H135N2O6P/c1-6-8-10-12-14-16-18-20-22-24-26-28-30-32-33-34-35-36-37-39-41-43-45-47-49-51-53-55-57-59-61-63-69(73)70-67(66-77-78(74,75)76-65-64-71(3,4)5)68(72)62-60-58-56-54-52-50-48-46-44-42-40-38-31-29-27-25-23-21-19-17-15-13-11-9-7-2/h32-33,52,54,60,62,67-68,72H,6-31,34-51,53,55-59,61,63-66H2,1-5H3,(H-,70,73,74,75)/b33-32-,54-52+,62-60+. The maximum atomic E-state index is 13.0. The van der Waals surface area contributed by atoms with Crippen molar-refractivity contribution in [1.82, 2.24) is 5.32 Å². The molecule has 0 aliphatic heterocycles. The number of quaternary nitrogens is 1. The van der Waals surface area contributed by atoms with E-state index in [4.69, 9.17) is 9.05 Å². The molecule has 8 nitrogen and oxygen atoms in total. The van der Waals surface area contributed by atoms with E-state index in [2.05, 4.69) is 43.5 Å². The number of phosphoric acid groups is 1. The van der Waals surface area contributed by atoms with Gasteiger partial charge in [0.2, 0.25) is 5.91 Å². The van der Waals surface area contributed by atoms with Crippen LogP contribution < -0.4 is 10.2 Å². The molecule has 9 heteroatoms. The van der Waals surface area contributed by atoms with E-state index in [-0.39, 0.29) is 19.1 Å². The van der Waals surface area contributed by atoms with Crippen molar-refractivity contribution in [3.8, 4) is 0 Å². The fraction of sp³-hybridized carbons (Fsp3) is 0.899. The molecule has 0 aliphatic rings. The number of nitrogens with one attached hydrogen (secondary N) is 1. The van der Waals surface area contributed by atoms with E-state index in [0.29, 0.717) is 17.4 Å². The lowest BCUT2D eigenvalue weighted by Crippen LogP contribution is -2.45. The summed E-state index contributed by atoms with van der Waals surface area (Å²) in [6.45, 7) is 4.69. The van der Waals surface area contributed by atoms with Crippen molar-refractivity contribution < 1.29 is 32.9 Å². The average Bonchev–Trinajstić information content (AvgIpc) is 3.41. The van der Waals surface area contributed by atoms with Crippen molar-refractivity contribution in [2.75, 3.05) is 40.9 Å². The predicted octanol–water partition coefficient (Wildman–Crippen LogP) is 21.0. The van der Waals surface area contributed by atoms with Crippen LogP contribution >= 0.6 is 7.82 Å². The molecule has 0 saturated heterocycles. The predicted molar refractivity (Wildman–Crippen MR) is 339 cm³/mol. The Balaban J connectivity index is 4.09. The van der Waals surface area contributed by atoms with Crippen LogP contribution in [0.25, 0.3) is 0 Å². The van der Waals surface area contributed by atoms with Crippen LogP contribution in [0, 0.1) is 0 Å². The third kappa shape index (κ3) is 62.3. The van der Waals surface area contributed by atoms with E-state index < -0.39 is 20.0 Å². The molecule has 0 aliphatic carbocycles. The van der Waals surface area contributed by atoms with Gasteiger partial charge in [0, 0.05) is 6.42 Å². The van der Waals surface area contributed by atoms with Gasteiger partial charge in [-0.1, -0.05) is 320 Å². The summed E-state index contributed by atoms with van der Waals surface area (Å²) in [5.41, 5.74) is 0. The molecule has 0 aromatic carbocycles. The lowest BCUT2D eigenvalue weighted by molar-refractivity contribution is -0.870. The van der Waals surface area contributed by atoms with Gasteiger partial charge in [0.1, 0.15) is 13.2 Å². The second kappa shape index (κ2) is 60.3. The number of amides is 1. The van der Waals surface area contributed by atoms with Crippen LogP contribution in [0.5, 0.6) is 0 Å². The topological polar surface area (TPSA) is 108 Å². The number of nitrogens with zero attached hydrogens (tertiary/aromatic N) is 1. The summed E-state index contributed by atoms with van der Waals surface area (Å²) in [7, 11) is 1.26. The molecule has 0 rings (SSSR count). The Morgan fingerprint density at radius 3 is 1.04 bits per heavy atom. The van der Waals surface area contributed by atoms with Crippen LogP contribution in [0.1, 0.15) is 348 Å². The lowest BCUT2D eigenvalue weighted by Gasteiger charge is -2.29. The van der Waals surface area contributed by atoms with Crippen LogP contribution in [0.4, 0.5) is 0 Å². The summed E-state index contributed by atoms with van der Waals surface area (Å²) in [5.74, 6) is -0.201. The minimum atomic E-state index is -4.61. The summed E-state index contributed by atoms with van der Waals surface area (Å²) in [5, 5.41) is 13.9. The zero-order valence-electron chi connectivity index (χ0n) is 52.9. The largest absolute Gasteiger partial charge is 0.756 e. The zero-order valence-corrected chi connectivity index (χ0v) is 53.8. The summed E-state index contributed by atoms with van der Waals surface area (Å²) >= 11 is 0. The van der Waals surface area contributed by atoms with Crippen molar-refractivity contribution in [2.24, 2.45) is 0 Å². The number of unbranched alkanes of at least 4 members (excludes halogenated alkanes) is 47. The van der Waals surface area contributed by atoms with E-state index in [9.17, 15) is 19.4 Å². The van der Waals surface area contributed by atoms with E-state index in [1.165, 1.54) is 289 Å². The van der Waals surface area contributed by atoms with E-state index >= 15 is 0 Å². The molecule has 0 aromatic rings. The number of aliphatic hydroxyl groups excluding tert-OH is 1. The van der Waals surface area contributed by atoms with E-state index in [1.807, 2.05) is 27.2 Å². The molecular formula is C69H135N2O6P. The second-order valence-corrected chi connectivity index (χ2v) is 26.3. The molecular weight excluding hydrogens is 984 g/mol. The molecule has 0 spiro atoms. The zero-order chi connectivity index (χ0) is 57.0. The second-order valence-electron chi connectivity index (χ2n) is 24.9. The highest BCUT2D eigenvalue weighted by Crippen LogP contribution is 2.38. The van der Waals surface area contributed by atoms with Crippen molar-refractivity contribution in [3.05, 3.63) is 36.5 Å². The number of rotatable bonds is 64. The van der Waals surface area contributed by atoms with Gasteiger partial charge in [0.15, 0.2) is 0 Å². The number of hydrogen-bond donors (Lipinski definition) is 2. The number of carbonyl (C=O) groups is 1. The van der Waals surface area contributed by atoms with Gasteiger partial charge >= 0.3 is 0 Å². The quantitative estimate of drug-likeness (QED) is 0.0272. The molecule has 0 aromatic heterocycles.